The van der Waals surface area contributed by atoms with E-state index in [-0.39, 0.29) is 11.9 Å². The summed E-state index contributed by atoms with van der Waals surface area (Å²) in [7, 11) is 1.82. The highest BCUT2D eigenvalue weighted by molar-refractivity contribution is 6.26. The molecule has 1 amide bonds. The molecule has 0 radical (unpaired) electrons. The average molecular weight is 327 g/mol. The van der Waals surface area contributed by atoms with Crippen molar-refractivity contribution in [1.29, 1.82) is 0 Å². The Balaban J connectivity index is 2.62. The number of hydrogen-bond acceptors (Lipinski definition) is 5. The predicted molar refractivity (Wildman–Crippen MR) is 91.9 cm³/mol. The molecular weight excluding hydrogens is 294 g/mol. The van der Waals surface area contributed by atoms with Crippen LogP contribution in [-0.2, 0) is 9.53 Å². The zero-order chi connectivity index (χ0) is 17.2. The Kier molecular flexibility index (Phi) is 9.17. The van der Waals surface area contributed by atoms with Crippen molar-refractivity contribution in [3.05, 3.63) is 0 Å². The molecule has 6 nitrogen and oxygen atoms in total. The Labute approximate surface area is 140 Å². The van der Waals surface area contributed by atoms with E-state index < -0.39 is 0 Å². The summed E-state index contributed by atoms with van der Waals surface area (Å²) in [5.74, 6) is 0.827. The van der Waals surface area contributed by atoms with E-state index in [9.17, 15) is 4.79 Å². The molecule has 0 aromatic heterocycles. The van der Waals surface area contributed by atoms with Crippen LogP contribution in [0, 0.1) is 11.8 Å². The second-order valence-electron chi connectivity index (χ2n) is 6.76. The Morgan fingerprint density at radius 1 is 1.57 bits per heavy atom. The SMILES string of the molecule is CCCC(OC)C1CN(C[C@H](C)NC(=O)/C=N\O)CCCC1C. The number of amides is 1. The van der Waals surface area contributed by atoms with Crippen LogP contribution in [0.2, 0.25) is 0 Å². The van der Waals surface area contributed by atoms with Crippen LogP contribution in [0.4, 0.5) is 0 Å². The number of oxime groups is 1. The normalized spacial score (nSPS) is 25.9. The molecule has 0 spiro atoms. The molecule has 0 aliphatic carbocycles. The number of likely N-dealkylation sites (tertiary alicyclic amines) is 1. The third kappa shape index (κ3) is 6.87. The van der Waals surface area contributed by atoms with E-state index in [0.29, 0.717) is 17.9 Å². The van der Waals surface area contributed by atoms with Gasteiger partial charge in [-0.05, 0) is 38.6 Å². The minimum Gasteiger partial charge on any atom is -0.411 e. The van der Waals surface area contributed by atoms with E-state index in [1.54, 1.807) is 0 Å². The van der Waals surface area contributed by atoms with Crippen molar-refractivity contribution in [1.82, 2.24) is 10.2 Å². The van der Waals surface area contributed by atoms with Crippen molar-refractivity contribution >= 4 is 12.1 Å². The number of nitrogens with one attached hydrogen (secondary N) is 1. The van der Waals surface area contributed by atoms with Crippen molar-refractivity contribution < 1.29 is 14.7 Å². The first-order chi connectivity index (χ1) is 11.0. The molecule has 0 aromatic rings. The van der Waals surface area contributed by atoms with E-state index in [0.717, 1.165) is 38.7 Å². The molecule has 134 valence electrons. The van der Waals surface area contributed by atoms with Gasteiger partial charge in [-0.3, -0.25) is 4.79 Å². The Morgan fingerprint density at radius 2 is 2.30 bits per heavy atom. The molecule has 6 heteroatoms. The Morgan fingerprint density at radius 3 is 2.91 bits per heavy atom. The third-order valence-corrected chi connectivity index (χ3v) is 4.78. The molecule has 2 N–H and O–H groups in total. The molecule has 1 rings (SSSR count). The highest BCUT2D eigenvalue weighted by atomic mass is 16.5. The highest BCUT2D eigenvalue weighted by Gasteiger charge is 2.31. The van der Waals surface area contributed by atoms with Gasteiger partial charge in [-0.1, -0.05) is 25.4 Å². The fraction of sp³-hybridized carbons (Fsp3) is 0.882. The van der Waals surface area contributed by atoms with E-state index >= 15 is 0 Å². The van der Waals surface area contributed by atoms with Crippen LogP contribution in [0.1, 0.15) is 46.5 Å². The van der Waals surface area contributed by atoms with Gasteiger partial charge in [0.05, 0.1) is 6.10 Å². The van der Waals surface area contributed by atoms with Crippen LogP contribution in [0.3, 0.4) is 0 Å². The summed E-state index contributed by atoms with van der Waals surface area (Å²) < 4.78 is 5.76. The smallest absolute Gasteiger partial charge is 0.266 e. The standard InChI is InChI=1S/C17H33N3O3/c1-5-7-16(23-4)15-12-20(9-6-8-13(15)2)11-14(3)19-17(21)10-18-22/h10,13-16,22H,5-9,11-12H2,1-4H3,(H,19,21)/b18-10-/t13?,14-,15?,16?/m0/s1. The van der Waals surface area contributed by atoms with Crippen molar-refractivity contribution in [2.75, 3.05) is 26.7 Å². The minimum atomic E-state index is -0.361. The van der Waals surface area contributed by atoms with Gasteiger partial charge in [-0.2, -0.15) is 0 Å². The van der Waals surface area contributed by atoms with E-state index in [4.69, 9.17) is 9.94 Å². The largest absolute Gasteiger partial charge is 0.411 e. The quantitative estimate of drug-likeness (QED) is 0.407. The van der Waals surface area contributed by atoms with Gasteiger partial charge in [-0.15, -0.1) is 0 Å². The van der Waals surface area contributed by atoms with E-state index in [1.807, 2.05) is 14.0 Å². The molecule has 3 unspecified atom stereocenters. The lowest BCUT2D eigenvalue weighted by Gasteiger charge is -2.33. The Hall–Kier alpha value is -1.14. The lowest BCUT2D eigenvalue weighted by molar-refractivity contribution is -0.115. The number of rotatable bonds is 8. The van der Waals surface area contributed by atoms with Gasteiger partial charge < -0.3 is 20.2 Å². The van der Waals surface area contributed by atoms with Crippen molar-refractivity contribution in [2.45, 2.75) is 58.6 Å². The fourth-order valence-corrected chi connectivity index (χ4v) is 3.63. The molecule has 1 saturated heterocycles. The third-order valence-electron chi connectivity index (χ3n) is 4.78. The molecular formula is C17H33N3O3. The van der Waals surface area contributed by atoms with Gasteiger partial charge >= 0.3 is 0 Å². The second-order valence-corrected chi connectivity index (χ2v) is 6.76. The van der Waals surface area contributed by atoms with Gasteiger partial charge in [0.25, 0.3) is 5.91 Å². The van der Waals surface area contributed by atoms with Crippen LogP contribution in [0.15, 0.2) is 5.16 Å². The van der Waals surface area contributed by atoms with Gasteiger partial charge in [0.2, 0.25) is 0 Å². The van der Waals surface area contributed by atoms with Gasteiger partial charge in [0.1, 0.15) is 6.21 Å². The van der Waals surface area contributed by atoms with Crippen LogP contribution in [0.5, 0.6) is 0 Å². The fourth-order valence-electron chi connectivity index (χ4n) is 3.63. The Bertz CT molecular complexity index is 376. The summed E-state index contributed by atoms with van der Waals surface area (Å²) in [6.07, 6.45) is 5.84. The number of hydrogen-bond donors (Lipinski definition) is 2. The van der Waals surface area contributed by atoms with Crippen molar-refractivity contribution in [3.8, 4) is 0 Å². The van der Waals surface area contributed by atoms with E-state index in [1.165, 1.54) is 12.8 Å². The summed E-state index contributed by atoms with van der Waals surface area (Å²) >= 11 is 0. The molecule has 0 bridgehead atoms. The second kappa shape index (κ2) is 10.6. The first kappa shape index (κ1) is 19.9. The highest BCUT2D eigenvalue weighted by Crippen LogP contribution is 2.29. The molecule has 4 atom stereocenters. The molecule has 1 heterocycles. The zero-order valence-corrected chi connectivity index (χ0v) is 15.0. The minimum absolute atomic E-state index is 0.0155. The zero-order valence-electron chi connectivity index (χ0n) is 15.0. The average Bonchev–Trinajstić information content (AvgIpc) is 2.67. The number of methoxy groups -OCH3 is 1. The summed E-state index contributed by atoms with van der Waals surface area (Å²) in [5, 5.41) is 14.0. The molecule has 0 saturated carbocycles. The summed E-state index contributed by atoms with van der Waals surface area (Å²) in [5.41, 5.74) is 0. The lowest BCUT2D eigenvalue weighted by Crippen LogP contribution is -2.45. The molecule has 1 aliphatic heterocycles. The van der Waals surface area contributed by atoms with Gasteiger partial charge in [-0.25, -0.2) is 0 Å². The van der Waals surface area contributed by atoms with Crippen molar-refractivity contribution in [2.24, 2.45) is 17.0 Å². The maximum absolute atomic E-state index is 11.5. The molecule has 23 heavy (non-hydrogen) atoms. The van der Waals surface area contributed by atoms with Gasteiger partial charge in [0, 0.05) is 32.2 Å². The predicted octanol–water partition coefficient (Wildman–Crippen LogP) is 2.11. The summed E-state index contributed by atoms with van der Waals surface area (Å²) in [4.78, 5) is 13.9. The van der Waals surface area contributed by atoms with Crippen LogP contribution >= 0.6 is 0 Å². The maximum atomic E-state index is 11.5. The summed E-state index contributed by atoms with van der Waals surface area (Å²) in [6.45, 7) is 9.37. The van der Waals surface area contributed by atoms with Crippen LogP contribution < -0.4 is 5.32 Å². The first-order valence-electron chi connectivity index (χ1n) is 8.74. The first-order valence-corrected chi connectivity index (χ1v) is 8.74. The number of ether oxygens (including phenoxy) is 1. The van der Waals surface area contributed by atoms with Crippen molar-refractivity contribution in [3.63, 3.8) is 0 Å². The van der Waals surface area contributed by atoms with Gasteiger partial charge in [0.15, 0.2) is 0 Å². The van der Waals surface area contributed by atoms with Crippen LogP contribution in [-0.4, -0.2) is 61.1 Å². The molecule has 0 aromatic carbocycles. The topological polar surface area (TPSA) is 74.2 Å². The molecule has 1 fully saturated rings. The molecule has 1 aliphatic rings. The monoisotopic (exact) mass is 327 g/mol. The number of carbonyl (C=O) groups excluding carboxylic acids is 1. The summed E-state index contributed by atoms with van der Waals surface area (Å²) in [6, 6.07) is 0.0155. The number of nitrogens with zero attached hydrogens (tertiary/aromatic N) is 2. The van der Waals surface area contributed by atoms with Crippen LogP contribution in [0.25, 0.3) is 0 Å². The lowest BCUT2D eigenvalue weighted by atomic mass is 9.84. The number of carbonyl (C=O) groups is 1. The maximum Gasteiger partial charge on any atom is 0.266 e. The van der Waals surface area contributed by atoms with E-state index in [2.05, 4.69) is 29.2 Å².